The van der Waals surface area contributed by atoms with Gasteiger partial charge in [-0.3, -0.25) is 24.3 Å². The summed E-state index contributed by atoms with van der Waals surface area (Å²) in [6, 6.07) is 3.97. The molecule has 0 radical (unpaired) electrons. The molecule has 1 saturated heterocycles. The van der Waals surface area contributed by atoms with E-state index >= 15 is 8.78 Å². The van der Waals surface area contributed by atoms with E-state index in [4.69, 9.17) is 9.47 Å². The molecule has 6 rings (SSSR count). The summed E-state index contributed by atoms with van der Waals surface area (Å²) in [5.74, 6) is -6.83. The van der Waals surface area contributed by atoms with Gasteiger partial charge in [0.25, 0.3) is 11.8 Å². The summed E-state index contributed by atoms with van der Waals surface area (Å²) in [5.41, 5.74) is -7.10. The van der Waals surface area contributed by atoms with Crippen LogP contribution in [0.1, 0.15) is 48.9 Å². The number of esters is 1. The lowest BCUT2D eigenvalue weighted by Crippen LogP contribution is -2.65. The number of anilines is 1. The van der Waals surface area contributed by atoms with Crippen molar-refractivity contribution >= 4 is 23.5 Å². The number of ether oxygens (including phenoxy) is 2. The zero-order valence-electron chi connectivity index (χ0n) is 29.7. The molecule has 1 saturated carbocycles. The van der Waals surface area contributed by atoms with Crippen molar-refractivity contribution in [2.24, 2.45) is 0 Å². The van der Waals surface area contributed by atoms with E-state index in [0.717, 1.165) is 23.6 Å². The third-order valence-corrected chi connectivity index (χ3v) is 10.3. The number of amides is 2. The van der Waals surface area contributed by atoms with E-state index < -0.39 is 105 Å². The summed E-state index contributed by atoms with van der Waals surface area (Å²) in [6.45, 7) is 0.0620. The van der Waals surface area contributed by atoms with Gasteiger partial charge in [-0.2, -0.15) is 30.7 Å². The number of nitrogens with one attached hydrogen (secondary N) is 1. The third kappa shape index (κ3) is 7.58. The van der Waals surface area contributed by atoms with Crippen LogP contribution in [-0.4, -0.2) is 93.2 Å². The minimum atomic E-state index is -5.00. The van der Waals surface area contributed by atoms with Gasteiger partial charge >= 0.3 is 18.3 Å². The number of aromatic nitrogens is 2. The molecule has 1 aromatic heterocycles. The van der Waals surface area contributed by atoms with Gasteiger partial charge in [-0.25, -0.2) is 19.4 Å². The van der Waals surface area contributed by atoms with E-state index in [1.807, 2.05) is 0 Å². The van der Waals surface area contributed by atoms with E-state index in [0.29, 0.717) is 43.9 Å². The molecule has 3 aromatic rings. The number of nitrogens with zero attached hydrogens (tertiary/aromatic N) is 5. The number of rotatable bonds is 10. The van der Waals surface area contributed by atoms with Crippen molar-refractivity contribution in [2.75, 3.05) is 39.2 Å². The Hall–Kier alpha value is -5.37. The number of likely N-dealkylation sites (tertiary alicyclic amines) is 1. The van der Waals surface area contributed by atoms with Crippen molar-refractivity contribution in [2.45, 2.75) is 62.6 Å². The van der Waals surface area contributed by atoms with Crippen LogP contribution in [0, 0.1) is 11.6 Å². The summed E-state index contributed by atoms with van der Waals surface area (Å²) in [4.78, 5) is 48.4. The fourth-order valence-corrected chi connectivity index (χ4v) is 7.06. The zero-order valence-corrected chi connectivity index (χ0v) is 29.7. The summed E-state index contributed by atoms with van der Waals surface area (Å²) < 4.78 is 123. The van der Waals surface area contributed by atoms with Crippen molar-refractivity contribution in [3.63, 3.8) is 0 Å². The molecular formula is C36H34F8N6O6. The van der Waals surface area contributed by atoms with Crippen LogP contribution >= 0.6 is 0 Å². The Morgan fingerprint density at radius 1 is 1.00 bits per heavy atom. The molecule has 0 bridgehead atoms. The van der Waals surface area contributed by atoms with Gasteiger partial charge in [0, 0.05) is 24.7 Å². The summed E-state index contributed by atoms with van der Waals surface area (Å²) in [7, 11) is 2.67. The van der Waals surface area contributed by atoms with Gasteiger partial charge in [-0.1, -0.05) is 6.07 Å². The van der Waals surface area contributed by atoms with Crippen LogP contribution in [0.15, 0.2) is 54.1 Å². The SMILES string of the molecule is COC(=O)[C@@H]1CCCN1CCOc1ccc(CN2C(=O)C(C(=O)Nc3ccc(C(F)(F)F)cc3-c3cc(C(F)(F)F)ncn3)=C(O)C3(CCC3)N2C)c(F)c1F. The molecule has 12 nitrogen and oxygen atoms in total. The smallest absolute Gasteiger partial charge is 0.433 e. The number of hydrogen-bond acceptors (Lipinski definition) is 10. The lowest BCUT2D eigenvalue weighted by Gasteiger charge is -2.54. The van der Waals surface area contributed by atoms with E-state index in [1.54, 1.807) is 4.90 Å². The first-order chi connectivity index (χ1) is 26.4. The molecule has 0 unspecified atom stereocenters. The molecule has 2 aromatic carbocycles. The topological polar surface area (TPSA) is 137 Å². The van der Waals surface area contributed by atoms with Crippen LogP contribution < -0.4 is 10.1 Å². The standard InChI is InChI=1S/C36H34F8N6O6/c1-48-34(10-4-11-34)30(51)27(31(52)47-22-8-7-20(35(39,40)41)15-21(22)23-16-26(36(42,43)44)46-18-45-23)32(53)50(48)17-19-6-9-25(29(38)28(19)37)56-14-13-49-12-3-5-24(49)33(54)55-2/h6-9,15-16,18,24,51H,3-5,10-14,17H2,1-2H3,(H,47,52)/t24-/m0/s1. The summed E-state index contributed by atoms with van der Waals surface area (Å²) >= 11 is 0. The van der Waals surface area contributed by atoms with Crippen LogP contribution in [0.25, 0.3) is 11.3 Å². The van der Waals surface area contributed by atoms with Crippen LogP contribution in [0.3, 0.4) is 0 Å². The second-order valence-corrected chi connectivity index (χ2v) is 13.4. The molecule has 1 atom stereocenters. The molecule has 56 heavy (non-hydrogen) atoms. The molecule has 1 aliphatic carbocycles. The van der Waals surface area contributed by atoms with Crippen LogP contribution in [-0.2, 0) is 38.0 Å². The molecule has 3 aliphatic rings. The fourth-order valence-electron chi connectivity index (χ4n) is 7.06. The predicted molar refractivity (Wildman–Crippen MR) is 179 cm³/mol. The van der Waals surface area contributed by atoms with Crippen molar-refractivity contribution in [3.05, 3.63) is 82.5 Å². The van der Waals surface area contributed by atoms with Crippen molar-refractivity contribution in [1.82, 2.24) is 24.9 Å². The predicted octanol–water partition coefficient (Wildman–Crippen LogP) is 6.04. The quantitative estimate of drug-likeness (QED) is 0.142. The molecule has 20 heteroatoms. The second kappa shape index (κ2) is 15.3. The van der Waals surface area contributed by atoms with E-state index in [2.05, 4.69) is 15.3 Å². The number of aliphatic hydroxyl groups excluding tert-OH is 1. The Morgan fingerprint density at radius 3 is 2.38 bits per heavy atom. The maximum atomic E-state index is 15.6. The second-order valence-electron chi connectivity index (χ2n) is 13.4. The zero-order chi connectivity index (χ0) is 40.7. The van der Waals surface area contributed by atoms with Gasteiger partial charge in [0.2, 0.25) is 5.82 Å². The highest BCUT2D eigenvalue weighted by molar-refractivity contribution is 6.24. The summed E-state index contributed by atoms with van der Waals surface area (Å²) in [5, 5.41) is 15.8. The van der Waals surface area contributed by atoms with Gasteiger partial charge in [-0.05, 0) is 69.0 Å². The molecular weight excluding hydrogens is 764 g/mol. The number of benzene rings is 2. The number of alkyl halides is 6. The van der Waals surface area contributed by atoms with Crippen molar-refractivity contribution in [3.8, 4) is 17.0 Å². The molecule has 2 amide bonds. The van der Waals surface area contributed by atoms with Gasteiger partial charge in [-0.15, -0.1) is 0 Å². The molecule has 2 aliphatic heterocycles. The first-order valence-corrected chi connectivity index (χ1v) is 17.2. The number of likely N-dealkylation sites (N-methyl/N-ethyl adjacent to an activating group) is 1. The van der Waals surface area contributed by atoms with E-state index in [1.165, 1.54) is 25.2 Å². The van der Waals surface area contributed by atoms with E-state index in [9.17, 15) is 45.8 Å². The van der Waals surface area contributed by atoms with Crippen LogP contribution in [0.5, 0.6) is 5.75 Å². The molecule has 2 fully saturated rings. The Morgan fingerprint density at radius 2 is 1.73 bits per heavy atom. The number of hydrogen-bond donors (Lipinski definition) is 2. The maximum Gasteiger partial charge on any atom is 0.433 e. The Kier molecular flexibility index (Phi) is 11.0. The monoisotopic (exact) mass is 798 g/mol. The fraction of sp³-hybridized carbons (Fsp3) is 0.417. The molecule has 3 heterocycles. The molecule has 1 spiro atoms. The number of halogens is 8. The van der Waals surface area contributed by atoms with Crippen molar-refractivity contribution < 1.29 is 64.1 Å². The molecule has 300 valence electrons. The molecule has 2 N–H and O–H groups in total. The average Bonchev–Trinajstić information content (AvgIpc) is 3.60. The largest absolute Gasteiger partial charge is 0.509 e. The number of aliphatic hydroxyl groups is 1. The van der Waals surface area contributed by atoms with Crippen molar-refractivity contribution in [1.29, 1.82) is 0 Å². The normalized spacial score (nSPS) is 19.0. The number of carbonyl (C=O) groups excluding carboxylic acids is 3. The summed E-state index contributed by atoms with van der Waals surface area (Å²) in [6.07, 6.45) is -7.22. The maximum absolute atomic E-state index is 15.6. The lowest BCUT2D eigenvalue weighted by atomic mass is 9.72. The first kappa shape index (κ1) is 40.3. The first-order valence-electron chi connectivity index (χ1n) is 17.2. The highest BCUT2D eigenvalue weighted by atomic mass is 19.4. The number of hydrazine groups is 1. The lowest BCUT2D eigenvalue weighted by molar-refractivity contribution is -0.172. The highest BCUT2D eigenvalue weighted by Gasteiger charge is 2.55. The number of carbonyl (C=O) groups is 3. The third-order valence-electron chi connectivity index (χ3n) is 10.3. The van der Waals surface area contributed by atoms with Crippen LogP contribution in [0.4, 0.5) is 40.8 Å². The number of methoxy groups -OCH3 is 1. The minimum Gasteiger partial charge on any atom is -0.509 e. The Balaban J connectivity index is 1.26. The van der Waals surface area contributed by atoms with E-state index in [-0.39, 0.29) is 31.6 Å². The van der Waals surface area contributed by atoms with Gasteiger partial charge in [0.1, 0.15) is 36.0 Å². The highest BCUT2D eigenvalue weighted by Crippen LogP contribution is 2.47. The van der Waals surface area contributed by atoms with Gasteiger partial charge < -0.3 is 19.9 Å². The van der Waals surface area contributed by atoms with Gasteiger partial charge in [0.05, 0.1) is 36.1 Å². The minimum absolute atomic E-state index is 0.0943. The average molecular weight is 799 g/mol. The Labute approximate surface area is 313 Å². The van der Waals surface area contributed by atoms with Crippen LogP contribution in [0.2, 0.25) is 0 Å². The Bertz CT molecular complexity index is 2070. The van der Waals surface area contributed by atoms with Gasteiger partial charge in [0.15, 0.2) is 11.6 Å².